The lowest BCUT2D eigenvalue weighted by Crippen LogP contribution is -2.31. The molecule has 3 rings (SSSR count). The highest BCUT2D eigenvalue weighted by Gasteiger charge is 2.32. The molecule has 2 aromatic carbocycles. The summed E-state index contributed by atoms with van der Waals surface area (Å²) in [6, 6.07) is 15.0. The molecule has 1 aliphatic heterocycles. The molecule has 1 N–H and O–H groups in total. The van der Waals surface area contributed by atoms with Crippen LogP contribution in [0.2, 0.25) is 0 Å². The van der Waals surface area contributed by atoms with Gasteiger partial charge >= 0.3 is 0 Å². The van der Waals surface area contributed by atoms with Gasteiger partial charge in [-0.3, -0.25) is 14.5 Å². The summed E-state index contributed by atoms with van der Waals surface area (Å²) in [7, 11) is 1.59. The van der Waals surface area contributed by atoms with Gasteiger partial charge in [-0.15, -0.1) is 0 Å². The van der Waals surface area contributed by atoms with Gasteiger partial charge in [-0.2, -0.15) is 0 Å². The molecule has 144 valence electrons. The third kappa shape index (κ3) is 4.61. The van der Waals surface area contributed by atoms with E-state index in [1.807, 2.05) is 55.5 Å². The molecule has 0 atom stereocenters. The van der Waals surface area contributed by atoms with Crippen molar-refractivity contribution in [2.24, 2.45) is 0 Å². The molecule has 1 saturated heterocycles. The van der Waals surface area contributed by atoms with Crippen molar-refractivity contribution >= 4 is 51.9 Å². The van der Waals surface area contributed by atoms with E-state index >= 15 is 0 Å². The quantitative estimate of drug-likeness (QED) is 0.568. The van der Waals surface area contributed by atoms with E-state index in [2.05, 4.69) is 5.32 Å². The minimum atomic E-state index is -0.190. The van der Waals surface area contributed by atoms with E-state index in [0.29, 0.717) is 15.0 Å². The molecule has 0 bridgehead atoms. The average Bonchev–Trinajstić information content (AvgIpc) is 2.95. The largest absolute Gasteiger partial charge is 0.496 e. The maximum Gasteiger partial charge on any atom is 0.266 e. The number of nitrogens with one attached hydrogen (secondary N) is 1. The number of benzene rings is 2. The van der Waals surface area contributed by atoms with E-state index in [1.165, 1.54) is 16.7 Å². The van der Waals surface area contributed by atoms with Crippen LogP contribution < -0.4 is 10.1 Å². The van der Waals surface area contributed by atoms with Crippen molar-refractivity contribution in [1.82, 2.24) is 4.90 Å². The third-order valence-corrected chi connectivity index (χ3v) is 5.66. The normalized spacial score (nSPS) is 15.2. The highest BCUT2D eigenvalue weighted by Crippen LogP contribution is 2.34. The van der Waals surface area contributed by atoms with Crippen molar-refractivity contribution in [2.45, 2.75) is 13.3 Å². The average molecular weight is 413 g/mol. The molecule has 0 saturated carbocycles. The second-order valence-corrected chi connectivity index (χ2v) is 7.86. The van der Waals surface area contributed by atoms with Gasteiger partial charge in [0.2, 0.25) is 5.91 Å². The molecule has 0 aromatic heterocycles. The Morgan fingerprint density at radius 2 is 1.93 bits per heavy atom. The molecule has 5 nitrogen and oxygen atoms in total. The summed E-state index contributed by atoms with van der Waals surface area (Å²) >= 11 is 6.57. The number of para-hydroxylation sites is 2. The van der Waals surface area contributed by atoms with Crippen molar-refractivity contribution in [3.63, 3.8) is 0 Å². The number of aryl methyl sites for hydroxylation is 1. The predicted octanol–water partition coefficient (Wildman–Crippen LogP) is 4.23. The van der Waals surface area contributed by atoms with Crippen molar-refractivity contribution in [3.05, 3.63) is 64.6 Å². The number of rotatable bonds is 6. The fourth-order valence-electron chi connectivity index (χ4n) is 2.76. The molecule has 2 aromatic rings. The summed E-state index contributed by atoms with van der Waals surface area (Å²) in [4.78, 5) is 27.0. The van der Waals surface area contributed by atoms with Crippen LogP contribution in [0.1, 0.15) is 17.5 Å². The number of amides is 2. The van der Waals surface area contributed by atoms with Crippen molar-refractivity contribution in [3.8, 4) is 5.75 Å². The molecule has 0 aliphatic carbocycles. The molecule has 2 amide bonds. The minimum absolute atomic E-state index is 0.156. The molecule has 1 heterocycles. The first-order valence-corrected chi connectivity index (χ1v) is 9.96. The van der Waals surface area contributed by atoms with Crippen LogP contribution in [0, 0.1) is 6.92 Å². The molecule has 7 heteroatoms. The van der Waals surface area contributed by atoms with E-state index in [1.54, 1.807) is 13.2 Å². The Bertz CT molecular complexity index is 956. The number of anilines is 1. The van der Waals surface area contributed by atoms with E-state index in [4.69, 9.17) is 17.0 Å². The van der Waals surface area contributed by atoms with Gasteiger partial charge in [0.15, 0.2) is 0 Å². The van der Waals surface area contributed by atoms with Gasteiger partial charge in [0, 0.05) is 24.2 Å². The lowest BCUT2D eigenvalue weighted by Gasteiger charge is -2.14. The lowest BCUT2D eigenvalue weighted by atomic mass is 10.2. The molecular weight excluding hydrogens is 392 g/mol. The highest BCUT2D eigenvalue weighted by atomic mass is 32.2. The molecular formula is C21H20N2O3S2. The fraction of sp³-hybridized carbons (Fsp3) is 0.190. The molecule has 1 aliphatic rings. The predicted molar refractivity (Wildman–Crippen MR) is 117 cm³/mol. The van der Waals surface area contributed by atoms with E-state index < -0.39 is 0 Å². The van der Waals surface area contributed by atoms with Gasteiger partial charge in [-0.25, -0.2) is 0 Å². The first-order valence-electron chi connectivity index (χ1n) is 8.73. The second kappa shape index (κ2) is 9.03. The second-order valence-electron chi connectivity index (χ2n) is 6.19. The number of nitrogens with zero attached hydrogens (tertiary/aromatic N) is 1. The number of thioether (sulfide) groups is 1. The van der Waals surface area contributed by atoms with E-state index in [9.17, 15) is 9.59 Å². The summed E-state index contributed by atoms with van der Waals surface area (Å²) in [6.07, 6.45) is 1.94. The van der Waals surface area contributed by atoms with Crippen LogP contribution in [0.4, 0.5) is 5.69 Å². The number of carbonyl (C=O) groups excluding carboxylic acids is 2. The lowest BCUT2D eigenvalue weighted by molar-refractivity contribution is -0.122. The standard InChI is InChI=1S/C21H20N2O3S2/c1-14-7-3-5-9-16(14)22-19(24)11-12-23-20(25)18(28-21(23)27)13-15-8-4-6-10-17(15)26-2/h3-10,13H,11-12H2,1-2H3,(H,22,24). The number of hydrogen-bond acceptors (Lipinski definition) is 5. The van der Waals surface area contributed by atoms with Crippen LogP contribution in [0.25, 0.3) is 6.08 Å². The zero-order chi connectivity index (χ0) is 20.1. The van der Waals surface area contributed by atoms with Gasteiger partial charge in [0.05, 0.1) is 12.0 Å². The van der Waals surface area contributed by atoms with Crippen LogP contribution in [0.5, 0.6) is 5.75 Å². The minimum Gasteiger partial charge on any atom is -0.496 e. The SMILES string of the molecule is COc1ccccc1C=C1SC(=S)N(CCC(=O)Nc2ccccc2C)C1=O. The molecule has 0 unspecified atom stereocenters. The Balaban J connectivity index is 1.65. The molecule has 28 heavy (non-hydrogen) atoms. The van der Waals surface area contributed by atoms with Crippen LogP contribution in [-0.4, -0.2) is 34.7 Å². The van der Waals surface area contributed by atoms with Crippen LogP contribution in [-0.2, 0) is 9.59 Å². The number of thiocarbonyl (C=S) groups is 1. The van der Waals surface area contributed by atoms with Crippen LogP contribution in [0.15, 0.2) is 53.4 Å². The first kappa shape index (κ1) is 20.1. The van der Waals surface area contributed by atoms with Crippen molar-refractivity contribution in [1.29, 1.82) is 0 Å². The van der Waals surface area contributed by atoms with Gasteiger partial charge < -0.3 is 10.1 Å². The Morgan fingerprint density at radius 3 is 2.68 bits per heavy atom. The number of methoxy groups -OCH3 is 1. The smallest absolute Gasteiger partial charge is 0.266 e. The Labute approximate surface area is 173 Å². The van der Waals surface area contributed by atoms with Crippen molar-refractivity contribution < 1.29 is 14.3 Å². The van der Waals surface area contributed by atoms with Gasteiger partial charge in [0.1, 0.15) is 10.1 Å². The van der Waals surface area contributed by atoms with Gasteiger partial charge in [-0.1, -0.05) is 60.4 Å². The Morgan fingerprint density at radius 1 is 1.21 bits per heavy atom. The highest BCUT2D eigenvalue weighted by molar-refractivity contribution is 8.26. The fourth-order valence-corrected chi connectivity index (χ4v) is 4.06. The van der Waals surface area contributed by atoms with E-state index in [-0.39, 0.29) is 24.8 Å². The number of ether oxygens (including phenoxy) is 1. The summed E-state index contributed by atoms with van der Waals surface area (Å²) in [6.45, 7) is 2.17. The zero-order valence-electron chi connectivity index (χ0n) is 15.6. The summed E-state index contributed by atoms with van der Waals surface area (Å²) in [5.41, 5.74) is 2.57. The Kier molecular flexibility index (Phi) is 6.49. The van der Waals surface area contributed by atoms with Gasteiger partial charge in [0.25, 0.3) is 5.91 Å². The third-order valence-electron chi connectivity index (χ3n) is 4.28. The molecule has 0 radical (unpaired) electrons. The topological polar surface area (TPSA) is 58.6 Å². The number of hydrogen-bond donors (Lipinski definition) is 1. The summed E-state index contributed by atoms with van der Waals surface area (Å²) in [5.74, 6) is 0.340. The number of carbonyl (C=O) groups is 2. The van der Waals surface area contributed by atoms with Crippen molar-refractivity contribution in [2.75, 3.05) is 19.0 Å². The first-order chi connectivity index (χ1) is 13.5. The Hall–Kier alpha value is -2.64. The van der Waals surface area contributed by atoms with Crippen LogP contribution in [0.3, 0.4) is 0 Å². The van der Waals surface area contributed by atoms with Gasteiger partial charge in [-0.05, 0) is 30.7 Å². The molecule has 1 fully saturated rings. The van der Waals surface area contributed by atoms with E-state index in [0.717, 1.165) is 16.8 Å². The summed E-state index contributed by atoms with van der Waals surface area (Å²) < 4.78 is 5.78. The van der Waals surface area contributed by atoms with Crippen LogP contribution >= 0.6 is 24.0 Å². The zero-order valence-corrected chi connectivity index (χ0v) is 17.2. The maximum absolute atomic E-state index is 12.7. The summed E-state index contributed by atoms with van der Waals surface area (Å²) in [5, 5.41) is 2.87. The monoisotopic (exact) mass is 412 g/mol. The maximum atomic E-state index is 12.7. The molecule has 0 spiro atoms.